The third-order valence-electron chi connectivity index (χ3n) is 3.33. The molecule has 4 nitrogen and oxygen atoms in total. The molecule has 0 amide bonds. The van der Waals surface area contributed by atoms with Gasteiger partial charge < -0.3 is 14.4 Å². The molecule has 0 unspecified atom stereocenters. The Bertz CT molecular complexity index is 448. The van der Waals surface area contributed by atoms with Crippen LogP contribution in [-0.2, 0) is 0 Å². The lowest BCUT2D eigenvalue weighted by atomic mass is 10.2. The highest BCUT2D eigenvalue weighted by Crippen LogP contribution is 2.22. The lowest BCUT2D eigenvalue weighted by molar-refractivity contribution is 0.262. The Hall–Kier alpha value is -1.73. The molecule has 0 aliphatic carbocycles. The lowest BCUT2D eigenvalue weighted by Gasteiger charge is -2.14. The first-order valence-electron chi connectivity index (χ1n) is 6.76. The molecular formula is C15H20N2O2. The average Bonchev–Trinajstić information content (AvgIpc) is 2.96. The summed E-state index contributed by atoms with van der Waals surface area (Å²) in [4.78, 5) is 2.47. The highest BCUT2D eigenvalue weighted by molar-refractivity contribution is 5.43. The summed E-state index contributed by atoms with van der Waals surface area (Å²) in [6, 6.07) is 7.38. The topological polar surface area (TPSA) is 45.5 Å². The quantitative estimate of drug-likeness (QED) is 0.737. The molecule has 1 aliphatic rings. The largest absolute Gasteiger partial charge is 0.497 e. The maximum atomic E-state index is 8.93. The molecule has 0 bridgehead atoms. The maximum absolute atomic E-state index is 8.93. The third kappa shape index (κ3) is 4.15. The number of methoxy groups -OCH3 is 1. The van der Waals surface area contributed by atoms with Crippen LogP contribution in [0.15, 0.2) is 18.2 Å². The predicted molar refractivity (Wildman–Crippen MR) is 73.5 cm³/mol. The van der Waals surface area contributed by atoms with E-state index < -0.39 is 0 Å². The van der Waals surface area contributed by atoms with Crippen LogP contribution < -0.4 is 9.47 Å². The number of benzene rings is 1. The van der Waals surface area contributed by atoms with E-state index in [2.05, 4.69) is 11.0 Å². The second-order valence-electron chi connectivity index (χ2n) is 4.76. The number of likely N-dealkylation sites (tertiary alicyclic amines) is 1. The van der Waals surface area contributed by atoms with Crippen LogP contribution in [0.2, 0.25) is 0 Å². The van der Waals surface area contributed by atoms with Gasteiger partial charge in [-0.2, -0.15) is 5.26 Å². The van der Waals surface area contributed by atoms with Crippen LogP contribution in [0.5, 0.6) is 11.5 Å². The van der Waals surface area contributed by atoms with Gasteiger partial charge in [0.05, 0.1) is 25.3 Å². The Morgan fingerprint density at radius 3 is 2.63 bits per heavy atom. The molecule has 0 saturated carbocycles. The van der Waals surface area contributed by atoms with Crippen molar-refractivity contribution in [2.45, 2.75) is 19.3 Å². The molecule has 0 aromatic heterocycles. The van der Waals surface area contributed by atoms with Crippen molar-refractivity contribution in [3.8, 4) is 17.6 Å². The molecule has 1 aromatic carbocycles. The van der Waals surface area contributed by atoms with Gasteiger partial charge in [0.1, 0.15) is 11.5 Å². The first-order chi connectivity index (χ1) is 9.31. The minimum atomic E-state index is 0.564. The molecule has 2 rings (SSSR count). The highest BCUT2D eigenvalue weighted by Gasteiger charge is 2.10. The van der Waals surface area contributed by atoms with Gasteiger partial charge in [-0.1, -0.05) is 0 Å². The Morgan fingerprint density at radius 2 is 1.95 bits per heavy atom. The van der Waals surface area contributed by atoms with Crippen molar-refractivity contribution < 1.29 is 9.47 Å². The van der Waals surface area contributed by atoms with Crippen LogP contribution in [0.3, 0.4) is 0 Å². The molecule has 102 valence electrons. The molecule has 1 aromatic rings. The van der Waals surface area contributed by atoms with Crippen molar-refractivity contribution in [2.24, 2.45) is 0 Å². The van der Waals surface area contributed by atoms with E-state index >= 15 is 0 Å². The van der Waals surface area contributed by atoms with Gasteiger partial charge in [0.2, 0.25) is 0 Å². The highest BCUT2D eigenvalue weighted by atomic mass is 16.5. The van der Waals surface area contributed by atoms with E-state index in [1.54, 1.807) is 19.2 Å². The summed E-state index contributed by atoms with van der Waals surface area (Å²) in [5, 5.41) is 8.93. The summed E-state index contributed by atoms with van der Waals surface area (Å²) in [6.07, 6.45) is 3.66. The Labute approximate surface area is 114 Å². The Balaban J connectivity index is 1.80. The fourth-order valence-corrected chi connectivity index (χ4v) is 2.32. The summed E-state index contributed by atoms with van der Waals surface area (Å²) in [5.74, 6) is 1.37. The molecule has 1 heterocycles. The van der Waals surface area contributed by atoms with Crippen LogP contribution in [0.4, 0.5) is 0 Å². The molecule has 0 atom stereocenters. The van der Waals surface area contributed by atoms with E-state index in [9.17, 15) is 0 Å². The van der Waals surface area contributed by atoms with Crippen LogP contribution in [-0.4, -0.2) is 38.3 Å². The van der Waals surface area contributed by atoms with Gasteiger partial charge in [-0.05, 0) is 44.5 Å². The molecule has 1 saturated heterocycles. The number of nitrogens with zero attached hydrogens (tertiary/aromatic N) is 2. The molecular weight excluding hydrogens is 240 g/mol. The molecule has 1 fully saturated rings. The van der Waals surface area contributed by atoms with E-state index in [-0.39, 0.29) is 0 Å². The van der Waals surface area contributed by atoms with Gasteiger partial charge in [-0.25, -0.2) is 0 Å². The first kappa shape index (κ1) is 13.7. The SMILES string of the molecule is COc1cc(C#N)cc(OCCCN2CCCC2)c1. The van der Waals surface area contributed by atoms with Gasteiger partial charge in [0, 0.05) is 12.6 Å². The number of rotatable bonds is 6. The summed E-state index contributed by atoms with van der Waals surface area (Å²) < 4.78 is 10.8. The molecule has 1 aliphatic heterocycles. The number of hydrogen-bond acceptors (Lipinski definition) is 4. The van der Waals surface area contributed by atoms with E-state index in [1.165, 1.54) is 25.9 Å². The van der Waals surface area contributed by atoms with Crippen LogP contribution >= 0.6 is 0 Å². The van der Waals surface area contributed by atoms with E-state index in [1.807, 2.05) is 6.07 Å². The van der Waals surface area contributed by atoms with Crippen molar-refractivity contribution in [1.29, 1.82) is 5.26 Å². The van der Waals surface area contributed by atoms with Crippen molar-refractivity contribution in [2.75, 3.05) is 33.4 Å². The molecule has 0 N–H and O–H groups in total. The molecule has 0 spiro atoms. The van der Waals surface area contributed by atoms with E-state index in [0.717, 1.165) is 13.0 Å². The average molecular weight is 260 g/mol. The van der Waals surface area contributed by atoms with Crippen LogP contribution in [0, 0.1) is 11.3 Å². The number of nitriles is 1. The summed E-state index contributed by atoms with van der Waals surface area (Å²) in [6.45, 7) is 4.21. The predicted octanol–water partition coefficient (Wildman–Crippen LogP) is 2.43. The van der Waals surface area contributed by atoms with E-state index in [4.69, 9.17) is 14.7 Å². The zero-order valence-corrected chi connectivity index (χ0v) is 11.4. The van der Waals surface area contributed by atoms with Gasteiger partial charge in [0.15, 0.2) is 0 Å². The van der Waals surface area contributed by atoms with Crippen molar-refractivity contribution >= 4 is 0 Å². The van der Waals surface area contributed by atoms with Crippen LogP contribution in [0.1, 0.15) is 24.8 Å². The monoisotopic (exact) mass is 260 g/mol. The minimum absolute atomic E-state index is 0.564. The third-order valence-corrected chi connectivity index (χ3v) is 3.33. The molecule has 19 heavy (non-hydrogen) atoms. The van der Waals surface area contributed by atoms with Crippen molar-refractivity contribution in [3.63, 3.8) is 0 Å². The lowest BCUT2D eigenvalue weighted by Crippen LogP contribution is -2.21. The zero-order valence-electron chi connectivity index (χ0n) is 11.4. The Morgan fingerprint density at radius 1 is 1.21 bits per heavy atom. The van der Waals surface area contributed by atoms with Crippen molar-refractivity contribution in [1.82, 2.24) is 4.90 Å². The molecule has 0 radical (unpaired) electrons. The fourth-order valence-electron chi connectivity index (χ4n) is 2.32. The minimum Gasteiger partial charge on any atom is -0.497 e. The molecule has 4 heteroatoms. The van der Waals surface area contributed by atoms with Gasteiger partial charge >= 0.3 is 0 Å². The second kappa shape index (κ2) is 7.01. The summed E-state index contributed by atoms with van der Waals surface area (Å²) in [5.41, 5.74) is 0.564. The first-order valence-corrected chi connectivity index (χ1v) is 6.76. The Kier molecular flexibility index (Phi) is 5.05. The summed E-state index contributed by atoms with van der Waals surface area (Å²) in [7, 11) is 1.59. The van der Waals surface area contributed by atoms with Gasteiger partial charge in [-0.15, -0.1) is 0 Å². The van der Waals surface area contributed by atoms with E-state index in [0.29, 0.717) is 23.7 Å². The standard InChI is InChI=1S/C15H20N2O2/c1-18-14-9-13(12-16)10-15(11-14)19-8-4-7-17-5-2-3-6-17/h9-11H,2-8H2,1H3. The number of ether oxygens (including phenoxy) is 2. The maximum Gasteiger partial charge on any atom is 0.124 e. The van der Waals surface area contributed by atoms with Gasteiger partial charge in [-0.3, -0.25) is 0 Å². The summed E-state index contributed by atoms with van der Waals surface area (Å²) >= 11 is 0. The zero-order chi connectivity index (χ0) is 13.5. The van der Waals surface area contributed by atoms with Crippen molar-refractivity contribution in [3.05, 3.63) is 23.8 Å². The normalized spacial score (nSPS) is 15.2. The van der Waals surface area contributed by atoms with Gasteiger partial charge in [0.25, 0.3) is 0 Å². The number of hydrogen-bond donors (Lipinski definition) is 0. The second-order valence-corrected chi connectivity index (χ2v) is 4.76. The fraction of sp³-hybridized carbons (Fsp3) is 0.533. The van der Waals surface area contributed by atoms with Crippen LogP contribution in [0.25, 0.3) is 0 Å². The smallest absolute Gasteiger partial charge is 0.124 e.